The van der Waals surface area contributed by atoms with Crippen molar-refractivity contribution >= 4 is 0 Å². The van der Waals surface area contributed by atoms with Gasteiger partial charge in [-0.2, -0.15) is 0 Å². The van der Waals surface area contributed by atoms with Gasteiger partial charge in [-0.05, 0) is 32.1 Å². The molecule has 2 fully saturated rings. The Hall–Kier alpha value is -0.380. The van der Waals surface area contributed by atoms with Crippen LogP contribution in [0.25, 0.3) is 0 Å². The summed E-state index contributed by atoms with van der Waals surface area (Å²) in [5.41, 5.74) is 0. The van der Waals surface area contributed by atoms with Gasteiger partial charge < -0.3 is 14.6 Å². The van der Waals surface area contributed by atoms with Gasteiger partial charge in [-0.1, -0.05) is 12.2 Å². The van der Waals surface area contributed by atoms with E-state index in [-0.39, 0.29) is 12.7 Å². The normalized spacial score (nSPS) is 40.6. The van der Waals surface area contributed by atoms with E-state index in [0.29, 0.717) is 18.4 Å². The minimum absolute atomic E-state index is 0.136. The second-order valence-electron chi connectivity index (χ2n) is 4.54. The van der Waals surface area contributed by atoms with Gasteiger partial charge in [0, 0.05) is 0 Å². The smallest absolute Gasteiger partial charge is 0.163 e. The molecule has 1 aliphatic heterocycles. The van der Waals surface area contributed by atoms with E-state index in [1.165, 1.54) is 6.42 Å². The molecule has 0 aromatic carbocycles. The number of aliphatic hydroxyl groups is 1. The lowest BCUT2D eigenvalue weighted by molar-refractivity contribution is -0.140. The van der Waals surface area contributed by atoms with E-state index in [9.17, 15) is 0 Å². The minimum atomic E-state index is -0.404. The average Bonchev–Trinajstić information content (AvgIpc) is 2.81. The van der Waals surface area contributed by atoms with Crippen LogP contribution in [0.3, 0.4) is 0 Å². The van der Waals surface area contributed by atoms with E-state index in [1.54, 1.807) is 0 Å². The van der Waals surface area contributed by atoms with Gasteiger partial charge in [-0.25, -0.2) is 0 Å². The second-order valence-corrected chi connectivity index (χ2v) is 4.54. The average molecular weight is 198 g/mol. The highest BCUT2D eigenvalue weighted by Crippen LogP contribution is 2.46. The molecule has 1 saturated heterocycles. The predicted molar refractivity (Wildman–Crippen MR) is 52.7 cm³/mol. The summed E-state index contributed by atoms with van der Waals surface area (Å²) in [6, 6.07) is 0. The van der Waals surface area contributed by atoms with Gasteiger partial charge in [0.2, 0.25) is 0 Å². The van der Waals surface area contributed by atoms with E-state index in [4.69, 9.17) is 14.6 Å². The van der Waals surface area contributed by atoms with Gasteiger partial charge in [0.1, 0.15) is 0 Å². The first-order valence-corrected chi connectivity index (χ1v) is 5.22. The van der Waals surface area contributed by atoms with Gasteiger partial charge in [-0.3, -0.25) is 0 Å². The molecule has 1 aliphatic carbocycles. The summed E-state index contributed by atoms with van der Waals surface area (Å²) in [5.74, 6) is 0.780. The molecule has 3 atom stereocenters. The third kappa shape index (κ3) is 2.16. The summed E-state index contributed by atoms with van der Waals surface area (Å²) < 4.78 is 11.3. The SMILES string of the molecule is CC1(C)OCC(C2CC2/C=C/CO)O1. The number of allylic oxidation sites excluding steroid dienone is 1. The Morgan fingerprint density at radius 1 is 1.50 bits per heavy atom. The lowest BCUT2D eigenvalue weighted by Gasteiger charge is -2.16. The summed E-state index contributed by atoms with van der Waals surface area (Å²) in [7, 11) is 0. The summed E-state index contributed by atoms with van der Waals surface area (Å²) in [5, 5.41) is 8.63. The Balaban J connectivity index is 1.80. The Bertz CT molecular complexity index is 235. The van der Waals surface area contributed by atoms with Crippen LogP contribution in [-0.2, 0) is 9.47 Å². The molecule has 1 N–H and O–H groups in total. The molecule has 3 unspecified atom stereocenters. The molecule has 1 heterocycles. The molecule has 0 aromatic heterocycles. The molecular formula is C11H18O3. The maximum absolute atomic E-state index is 8.63. The van der Waals surface area contributed by atoms with E-state index < -0.39 is 5.79 Å². The predicted octanol–water partition coefficient (Wildman–Crippen LogP) is 1.32. The van der Waals surface area contributed by atoms with Gasteiger partial charge in [0.25, 0.3) is 0 Å². The number of ether oxygens (including phenoxy) is 2. The van der Waals surface area contributed by atoms with E-state index in [1.807, 2.05) is 19.9 Å². The molecule has 2 aliphatic rings. The van der Waals surface area contributed by atoms with Crippen LogP contribution in [-0.4, -0.2) is 30.2 Å². The molecule has 0 bridgehead atoms. The van der Waals surface area contributed by atoms with Crippen LogP contribution in [0.4, 0.5) is 0 Å². The highest BCUT2D eigenvalue weighted by Gasteiger charge is 2.47. The molecule has 80 valence electrons. The second kappa shape index (κ2) is 3.65. The van der Waals surface area contributed by atoms with Crippen LogP contribution < -0.4 is 0 Å². The molecule has 3 heteroatoms. The Kier molecular flexibility index (Phi) is 2.64. The van der Waals surface area contributed by atoms with Gasteiger partial charge in [0.05, 0.1) is 19.3 Å². The van der Waals surface area contributed by atoms with Crippen molar-refractivity contribution in [1.82, 2.24) is 0 Å². The monoisotopic (exact) mass is 198 g/mol. The molecule has 3 nitrogen and oxygen atoms in total. The van der Waals surface area contributed by atoms with Crippen LogP contribution in [0, 0.1) is 11.8 Å². The largest absolute Gasteiger partial charge is 0.392 e. The van der Waals surface area contributed by atoms with Crippen molar-refractivity contribution in [3.8, 4) is 0 Å². The zero-order valence-corrected chi connectivity index (χ0v) is 8.77. The van der Waals surface area contributed by atoms with Crippen molar-refractivity contribution in [3.05, 3.63) is 12.2 Å². The maximum Gasteiger partial charge on any atom is 0.163 e. The third-order valence-electron chi connectivity index (χ3n) is 2.89. The fourth-order valence-corrected chi connectivity index (χ4v) is 2.05. The molecule has 0 amide bonds. The topological polar surface area (TPSA) is 38.7 Å². The van der Waals surface area contributed by atoms with Crippen LogP contribution in [0.5, 0.6) is 0 Å². The standard InChI is InChI=1S/C11H18O3/c1-11(2)13-7-10(14-11)9-6-8(9)4-3-5-12/h3-4,8-10,12H,5-7H2,1-2H3/b4-3+. The van der Waals surface area contributed by atoms with Gasteiger partial charge >= 0.3 is 0 Å². The van der Waals surface area contributed by atoms with Crippen molar-refractivity contribution in [3.63, 3.8) is 0 Å². The Labute approximate surface area is 84.7 Å². The first kappa shape index (κ1) is 10.1. The van der Waals surface area contributed by atoms with Crippen molar-refractivity contribution in [1.29, 1.82) is 0 Å². The lowest BCUT2D eigenvalue weighted by atomic mass is 10.2. The molecule has 0 spiro atoms. The quantitative estimate of drug-likeness (QED) is 0.695. The van der Waals surface area contributed by atoms with Crippen molar-refractivity contribution in [2.45, 2.75) is 32.2 Å². The zero-order valence-electron chi connectivity index (χ0n) is 8.77. The summed E-state index contributed by atoms with van der Waals surface area (Å²) >= 11 is 0. The summed E-state index contributed by atoms with van der Waals surface area (Å²) in [6.07, 6.45) is 5.31. The van der Waals surface area contributed by atoms with E-state index in [2.05, 4.69) is 6.08 Å². The van der Waals surface area contributed by atoms with Crippen molar-refractivity contribution < 1.29 is 14.6 Å². The molecule has 1 saturated carbocycles. The highest BCUT2D eigenvalue weighted by atomic mass is 16.7. The van der Waals surface area contributed by atoms with Gasteiger partial charge in [-0.15, -0.1) is 0 Å². The number of hydrogen-bond acceptors (Lipinski definition) is 3. The first-order chi connectivity index (χ1) is 6.62. The fraction of sp³-hybridized carbons (Fsp3) is 0.818. The summed E-state index contributed by atoms with van der Waals surface area (Å²) in [4.78, 5) is 0. The zero-order chi connectivity index (χ0) is 10.2. The molecule has 0 radical (unpaired) electrons. The van der Waals surface area contributed by atoms with Crippen LogP contribution in [0.15, 0.2) is 12.2 Å². The van der Waals surface area contributed by atoms with Gasteiger partial charge in [0.15, 0.2) is 5.79 Å². The van der Waals surface area contributed by atoms with Crippen molar-refractivity contribution in [2.75, 3.05) is 13.2 Å². The van der Waals surface area contributed by atoms with E-state index >= 15 is 0 Å². The van der Waals surface area contributed by atoms with Crippen LogP contribution in [0.2, 0.25) is 0 Å². The van der Waals surface area contributed by atoms with E-state index in [0.717, 1.165) is 0 Å². The number of aliphatic hydroxyl groups excluding tert-OH is 1. The molecule has 2 rings (SSSR count). The first-order valence-electron chi connectivity index (χ1n) is 5.22. The summed E-state index contributed by atoms with van der Waals surface area (Å²) in [6.45, 7) is 4.75. The number of hydrogen-bond donors (Lipinski definition) is 1. The molecular weight excluding hydrogens is 180 g/mol. The Morgan fingerprint density at radius 2 is 2.29 bits per heavy atom. The molecule has 14 heavy (non-hydrogen) atoms. The number of rotatable bonds is 3. The Morgan fingerprint density at radius 3 is 2.86 bits per heavy atom. The lowest BCUT2D eigenvalue weighted by Crippen LogP contribution is -2.22. The van der Waals surface area contributed by atoms with Crippen LogP contribution >= 0.6 is 0 Å². The third-order valence-corrected chi connectivity index (χ3v) is 2.89. The van der Waals surface area contributed by atoms with Crippen LogP contribution in [0.1, 0.15) is 20.3 Å². The fourth-order valence-electron chi connectivity index (χ4n) is 2.05. The molecule has 0 aromatic rings. The minimum Gasteiger partial charge on any atom is -0.392 e. The van der Waals surface area contributed by atoms with Crippen molar-refractivity contribution in [2.24, 2.45) is 11.8 Å². The highest BCUT2D eigenvalue weighted by molar-refractivity contribution is 5.05. The maximum atomic E-state index is 8.63.